The molecular formula is C18H19ClN2O2S. The van der Waals surface area contributed by atoms with Gasteiger partial charge in [-0.2, -0.15) is 0 Å². The Morgan fingerprint density at radius 3 is 2.38 bits per heavy atom. The van der Waals surface area contributed by atoms with Crippen LogP contribution in [0, 0.1) is 0 Å². The average Bonchev–Trinajstić information content (AvgIpc) is 2.56. The Labute approximate surface area is 152 Å². The Morgan fingerprint density at radius 2 is 1.79 bits per heavy atom. The highest BCUT2D eigenvalue weighted by Crippen LogP contribution is 2.16. The lowest BCUT2D eigenvalue weighted by Gasteiger charge is -2.17. The lowest BCUT2D eigenvalue weighted by atomic mass is 10.1. The first-order chi connectivity index (χ1) is 11.5. The predicted molar refractivity (Wildman–Crippen MR) is 102 cm³/mol. The van der Waals surface area contributed by atoms with Crippen molar-refractivity contribution in [3.8, 4) is 0 Å². The summed E-state index contributed by atoms with van der Waals surface area (Å²) in [5.74, 6) is -0.332. The topological polar surface area (TPSA) is 50.4 Å². The molecule has 2 aromatic rings. The van der Waals surface area contributed by atoms with E-state index in [1.807, 2.05) is 31.2 Å². The van der Waals surface area contributed by atoms with E-state index in [9.17, 15) is 4.79 Å². The predicted octanol–water partition coefficient (Wildman–Crippen LogP) is 4.56. The first-order valence-corrected chi connectivity index (χ1v) is 8.38. The third kappa shape index (κ3) is 5.22. The van der Waals surface area contributed by atoms with Gasteiger partial charge in [0.1, 0.15) is 0 Å². The number of halogens is 1. The number of carbonyl (C=O) groups is 1. The van der Waals surface area contributed by atoms with Crippen molar-refractivity contribution in [2.75, 3.05) is 11.9 Å². The molecule has 0 aliphatic rings. The Hall–Kier alpha value is -2.11. The molecule has 2 N–H and O–H groups in total. The summed E-state index contributed by atoms with van der Waals surface area (Å²) in [6.07, 6.45) is 0. The summed E-state index contributed by atoms with van der Waals surface area (Å²) in [7, 11) is 0. The van der Waals surface area contributed by atoms with E-state index in [2.05, 4.69) is 10.6 Å². The van der Waals surface area contributed by atoms with Crippen LogP contribution >= 0.6 is 23.8 Å². The fourth-order valence-electron chi connectivity index (χ4n) is 2.10. The molecule has 0 saturated carbocycles. The van der Waals surface area contributed by atoms with Gasteiger partial charge in [0.25, 0.3) is 0 Å². The van der Waals surface area contributed by atoms with Gasteiger partial charge in [0.05, 0.1) is 18.2 Å². The lowest BCUT2D eigenvalue weighted by molar-refractivity contribution is 0.0526. The van der Waals surface area contributed by atoms with Gasteiger partial charge in [0, 0.05) is 10.7 Å². The maximum atomic E-state index is 11.6. The number of carbonyl (C=O) groups excluding carboxylic acids is 1. The molecule has 0 saturated heterocycles. The molecule has 2 rings (SSSR count). The molecule has 0 aliphatic heterocycles. The fraction of sp³-hybridized carbons (Fsp3) is 0.222. The maximum Gasteiger partial charge on any atom is 0.338 e. The van der Waals surface area contributed by atoms with Gasteiger partial charge in [0.2, 0.25) is 0 Å². The van der Waals surface area contributed by atoms with Gasteiger partial charge in [-0.3, -0.25) is 0 Å². The standard InChI is InChI=1S/C18H19ClN2O2S/c1-3-23-17(22)14-6-10-16(11-7-14)21-18(24)20-12(2)13-4-8-15(19)9-5-13/h4-12H,3H2,1-2H3,(H2,20,21,24). The molecule has 0 aromatic heterocycles. The third-order valence-electron chi connectivity index (χ3n) is 3.37. The highest BCUT2D eigenvalue weighted by Gasteiger charge is 2.08. The number of nitrogens with one attached hydrogen (secondary N) is 2. The number of rotatable bonds is 5. The smallest absolute Gasteiger partial charge is 0.338 e. The molecule has 1 unspecified atom stereocenters. The normalized spacial score (nSPS) is 11.5. The molecule has 126 valence electrons. The van der Waals surface area contributed by atoms with Crippen molar-refractivity contribution in [1.82, 2.24) is 5.32 Å². The van der Waals surface area contributed by atoms with Crippen LogP contribution in [0.2, 0.25) is 5.02 Å². The van der Waals surface area contributed by atoms with Crippen molar-refractivity contribution < 1.29 is 9.53 Å². The minimum Gasteiger partial charge on any atom is -0.462 e. The molecule has 6 heteroatoms. The molecular weight excluding hydrogens is 344 g/mol. The quantitative estimate of drug-likeness (QED) is 0.603. The zero-order valence-corrected chi connectivity index (χ0v) is 15.1. The van der Waals surface area contributed by atoms with Gasteiger partial charge in [0.15, 0.2) is 5.11 Å². The van der Waals surface area contributed by atoms with E-state index in [1.165, 1.54) is 0 Å². The first-order valence-electron chi connectivity index (χ1n) is 7.59. The van der Waals surface area contributed by atoms with Crippen molar-refractivity contribution in [2.45, 2.75) is 19.9 Å². The zero-order valence-electron chi connectivity index (χ0n) is 13.5. The SMILES string of the molecule is CCOC(=O)c1ccc(NC(=S)NC(C)c2ccc(Cl)cc2)cc1. The fourth-order valence-corrected chi connectivity index (χ4v) is 2.52. The van der Waals surface area contributed by atoms with Crippen LogP contribution in [0.5, 0.6) is 0 Å². The monoisotopic (exact) mass is 362 g/mol. The van der Waals surface area contributed by atoms with Gasteiger partial charge in [-0.1, -0.05) is 23.7 Å². The van der Waals surface area contributed by atoms with Gasteiger partial charge >= 0.3 is 5.97 Å². The van der Waals surface area contributed by atoms with Crippen LogP contribution in [0.4, 0.5) is 5.69 Å². The average molecular weight is 363 g/mol. The van der Waals surface area contributed by atoms with Crippen molar-refractivity contribution in [1.29, 1.82) is 0 Å². The summed E-state index contributed by atoms with van der Waals surface area (Å²) in [5.41, 5.74) is 2.39. The molecule has 2 aromatic carbocycles. The second-order valence-corrected chi connectivity index (χ2v) is 6.01. The van der Waals surface area contributed by atoms with Gasteiger partial charge < -0.3 is 15.4 Å². The number of benzene rings is 2. The van der Waals surface area contributed by atoms with Crippen LogP contribution in [0.1, 0.15) is 35.8 Å². The number of hydrogen-bond donors (Lipinski definition) is 2. The van der Waals surface area contributed by atoms with E-state index < -0.39 is 0 Å². The van der Waals surface area contributed by atoms with Crippen molar-refractivity contribution in [2.24, 2.45) is 0 Å². The number of esters is 1. The Morgan fingerprint density at radius 1 is 1.17 bits per heavy atom. The maximum absolute atomic E-state index is 11.6. The Kier molecular flexibility index (Phi) is 6.58. The zero-order chi connectivity index (χ0) is 17.5. The van der Waals surface area contributed by atoms with Gasteiger partial charge in [-0.15, -0.1) is 0 Å². The van der Waals surface area contributed by atoms with Gasteiger partial charge in [-0.05, 0) is 68.0 Å². The second kappa shape index (κ2) is 8.66. The molecule has 0 spiro atoms. The summed E-state index contributed by atoms with van der Waals surface area (Å²) in [4.78, 5) is 11.6. The van der Waals surface area contributed by atoms with Crippen molar-refractivity contribution in [3.63, 3.8) is 0 Å². The van der Waals surface area contributed by atoms with E-state index in [0.29, 0.717) is 22.3 Å². The first kappa shape index (κ1) is 18.2. The molecule has 1 atom stereocenters. The molecule has 4 nitrogen and oxygen atoms in total. The van der Waals surface area contributed by atoms with Crippen LogP contribution in [0.25, 0.3) is 0 Å². The molecule has 0 amide bonds. The van der Waals surface area contributed by atoms with Crippen LogP contribution in [-0.2, 0) is 4.74 Å². The van der Waals surface area contributed by atoms with E-state index in [1.54, 1.807) is 31.2 Å². The van der Waals surface area contributed by atoms with E-state index in [0.717, 1.165) is 11.3 Å². The third-order valence-corrected chi connectivity index (χ3v) is 3.84. The summed E-state index contributed by atoms with van der Waals surface area (Å²) in [5, 5.41) is 7.51. The van der Waals surface area contributed by atoms with E-state index in [-0.39, 0.29) is 12.0 Å². The Bertz CT molecular complexity index is 702. The summed E-state index contributed by atoms with van der Waals surface area (Å²) in [6, 6.07) is 14.6. The highest BCUT2D eigenvalue weighted by atomic mass is 35.5. The molecule has 0 aliphatic carbocycles. The van der Waals surface area contributed by atoms with Crippen LogP contribution in [0.3, 0.4) is 0 Å². The number of thiocarbonyl (C=S) groups is 1. The summed E-state index contributed by atoms with van der Waals surface area (Å²) >= 11 is 11.2. The minimum absolute atomic E-state index is 0.0427. The largest absolute Gasteiger partial charge is 0.462 e. The molecule has 0 heterocycles. The van der Waals surface area contributed by atoms with E-state index in [4.69, 9.17) is 28.6 Å². The summed E-state index contributed by atoms with van der Waals surface area (Å²) < 4.78 is 4.95. The van der Waals surface area contributed by atoms with Gasteiger partial charge in [-0.25, -0.2) is 4.79 Å². The van der Waals surface area contributed by atoms with Crippen molar-refractivity contribution >= 4 is 40.6 Å². The number of ether oxygens (including phenoxy) is 1. The molecule has 24 heavy (non-hydrogen) atoms. The van der Waals surface area contributed by atoms with Crippen molar-refractivity contribution in [3.05, 3.63) is 64.7 Å². The lowest BCUT2D eigenvalue weighted by Crippen LogP contribution is -2.30. The highest BCUT2D eigenvalue weighted by molar-refractivity contribution is 7.80. The molecule has 0 radical (unpaired) electrons. The second-order valence-electron chi connectivity index (χ2n) is 5.17. The molecule has 0 fully saturated rings. The number of anilines is 1. The van der Waals surface area contributed by atoms with Crippen LogP contribution < -0.4 is 10.6 Å². The summed E-state index contributed by atoms with van der Waals surface area (Å²) in [6.45, 7) is 4.15. The molecule has 0 bridgehead atoms. The Balaban J connectivity index is 1.92. The van der Waals surface area contributed by atoms with E-state index >= 15 is 0 Å². The minimum atomic E-state index is -0.332. The van der Waals surface area contributed by atoms with Crippen LogP contribution in [-0.4, -0.2) is 17.7 Å². The number of hydrogen-bond acceptors (Lipinski definition) is 3. The van der Waals surface area contributed by atoms with Crippen LogP contribution in [0.15, 0.2) is 48.5 Å².